The highest BCUT2D eigenvalue weighted by Gasteiger charge is 2.30. The molecule has 3 rings (SSSR count). The molecule has 2 aromatic rings. The summed E-state index contributed by atoms with van der Waals surface area (Å²) < 4.78 is 5.66. The third-order valence-corrected chi connectivity index (χ3v) is 5.11. The molecule has 26 heavy (non-hydrogen) atoms. The number of nitrogens with zero attached hydrogens (tertiary/aromatic N) is 1. The second-order valence-corrected chi connectivity index (χ2v) is 7.61. The number of aromatic nitrogens is 2. The number of aromatic amines is 1. The van der Waals surface area contributed by atoms with Gasteiger partial charge in [0, 0.05) is 18.1 Å². The molecule has 2 heterocycles. The van der Waals surface area contributed by atoms with Gasteiger partial charge in [0.2, 0.25) is 5.91 Å². The summed E-state index contributed by atoms with van der Waals surface area (Å²) in [6.45, 7) is 6.00. The van der Waals surface area contributed by atoms with Crippen molar-refractivity contribution in [2.45, 2.75) is 50.8 Å². The maximum absolute atomic E-state index is 12.7. The number of amides is 1. The standard InChI is InChI=1S/C19H23N3O3S/c1-4-9-26-19-21-17-16(18(24)22-19)14(10-15(23)20-17)12-5-7-13(8-6-12)25-11(2)3/h5-8,11,14H,4,9-10H2,1-3H3,(H2,20,21,22,23,24). The quantitative estimate of drug-likeness (QED) is 0.598. The lowest BCUT2D eigenvalue weighted by Gasteiger charge is -2.24. The number of H-pyrrole nitrogens is 1. The zero-order valence-electron chi connectivity index (χ0n) is 15.2. The lowest BCUT2D eigenvalue weighted by molar-refractivity contribution is -0.116. The van der Waals surface area contributed by atoms with Gasteiger partial charge in [0.25, 0.3) is 5.56 Å². The highest BCUT2D eigenvalue weighted by Crippen LogP contribution is 2.35. The number of hydrogen-bond donors (Lipinski definition) is 2. The number of nitrogens with one attached hydrogen (secondary N) is 2. The van der Waals surface area contributed by atoms with Crippen LogP contribution in [0.1, 0.15) is 50.7 Å². The van der Waals surface area contributed by atoms with E-state index in [9.17, 15) is 9.59 Å². The second-order valence-electron chi connectivity index (χ2n) is 6.52. The van der Waals surface area contributed by atoms with Gasteiger partial charge in [-0.3, -0.25) is 9.59 Å². The van der Waals surface area contributed by atoms with Crippen LogP contribution in [0.3, 0.4) is 0 Å². The van der Waals surface area contributed by atoms with Crippen molar-refractivity contribution in [3.8, 4) is 5.75 Å². The van der Waals surface area contributed by atoms with E-state index in [2.05, 4.69) is 22.2 Å². The van der Waals surface area contributed by atoms with E-state index in [1.165, 1.54) is 11.8 Å². The van der Waals surface area contributed by atoms with Gasteiger partial charge in [-0.05, 0) is 38.0 Å². The van der Waals surface area contributed by atoms with E-state index < -0.39 is 0 Å². The average molecular weight is 373 g/mol. The predicted molar refractivity (Wildman–Crippen MR) is 103 cm³/mol. The fourth-order valence-electron chi connectivity index (χ4n) is 2.95. The summed E-state index contributed by atoms with van der Waals surface area (Å²) in [5.74, 6) is 1.55. The summed E-state index contributed by atoms with van der Waals surface area (Å²) >= 11 is 1.48. The number of rotatable bonds is 6. The van der Waals surface area contributed by atoms with Crippen molar-refractivity contribution in [1.82, 2.24) is 9.97 Å². The van der Waals surface area contributed by atoms with Crippen LogP contribution in [0.5, 0.6) is 5.75 Å². The van der Waals surface area contributed by atoms with Gasteiger partial charge in [-0.15, -0.1) is 0 Å². The summed E-state index contributed by atoms with van der Waals surface area (Å²) in [6, 6.07) is 7.55. The van der Waals surface area contributed by atoms with Crippen LogP contribution in [0.2, 0.25) is 0 Å². The molecule has 1 aliphatic rings. The molecule has 0 radical (unpaired) electrons. The normalized spacial score (nSPS) is 16.3. The summed E-state index contributed by atoms with van der Waals surface area (Å²) in [7, 11) is 0. The van der Waals surface area contributed by atoms with Crippen molar-refractivity contribution < 1.29 is 9.53 Å². The molecule has 0 saturated heterocycles. The van der Waals surface area contributed by atoms with Crippen LogP contribution >= 0.6 is 11.8 Å². The topological polar surface area (TPSA) is 84.1 Å². The number of carbonyl (C=O) groups excluding carboxylic acids is 1. The molecular weight excluding hydrogens is 350 g/mol. The molecule has 0 saturated carbocycles. The van der Waals surface area contributed by atoms with Crippen LogP contribution in [0.4, 0.5) is 5.82 Å². The molecule has 6 nitrogen and oxygen atoms in total. The molecular formula is C19H23N3O3S. The zero-order valence-corrected chi connectivity index (χ0v) is 16.0. The number of anilines is 1. The van der Waals surface area contributed by atoms with Crippen molar-refractivity contribution >= 4 is 23.5 Å². The number of carbonyl (C=O) groups is 1. The monoisotopic (exact) mass is 373 g/mol. The Hall–Kier alpha value is -2.28. The Labute approximate surface area is 156 Å². The van der Waals surface area contributed by atoms with E-state index in [0.717, 1.165) is 23.5 Å². The van der Waals surface area contributed by atoms with Gasteiger partial charge in [0.05, 0.1) is 11.7 Å². The average Bonchev–Trinajstić information content (AvgIpc) is 2.59. The molecule has 138 valence electrons. The van der Waals surface area contributed by atoms with Crippen LogP contribution in [0, 0.1) is 0 Å². The van der Waals surface area contributed by atoms with E-state index in [-0.39, 0.29) is 29.9 Å². The fourth-order valence-corrected chi connectivity index (χ4v) is 3.67. The molecule has 2 N–H and O–H groups in total. The van der Waals surface area contributed by atoms with Gasteiger partial charge < -0.3 is 15.0 Å². The Balaban J connectivity index is 1.95. The second kappa shape index (κ2) is 7.95. The molecule has 1 aliphatic heterocycles. The maximum atomic E-state index is 12.7. The number of hydrogen-bond acceptors (Lipinski definition) is 5. The minimum atomic E-state index is -0.312. The van der Waals surface area contributed by atoms with Gasteiger partial charge in [0.1, 0.15) is 11.6 Å². The molecule has 1 aromatic carbocycles. The zero-order chi connectivity index (χ0) is 18.7. The van der Waals surface area contributed by atoms with Crippen LogP contribution < -0.4 is 15.6 Å². The number of ether oxygens (including phenoxy) is 1. The van der Waals surface area contributed by atoms with E-state index in [4.69, 9.17) is 4.74 Å². The maximum Gasteiger partial charge on any atom is 0.257 e. The minimum absolute atomic E-state index is 0.0909. The largest absolute Gasteiger partial charge is 0.491 e. The van der Waals surface area contributed by atoms with Crippen molar-refractivity contribution in [1.29, 1.82) is 0 Å². The van der Waals surface area contributed by atoms with Gasteiger partial charge in [-0.2, -0.15) is 0 Å². The Morgan fingerprint density at radius 2 is 2.00 bits per heavy atom. The predicted octanol–water partition coefficient (Wildman–Crippen LogP) is 3.53. The SMILES string of the molecule is CCCSc1nc2c(c(=O)[nH]1)C(c1ccc(OC(C)C)cc1)CC(=O)N2. The summed E-state index contributed by atoms with van der Waals surface area (Å²) in [5, 5.41) is 3.29. The number of thioether (sulfide) groups is 1. The highest BCUT2D eigenvalue weighted by atomic mass is 32.2. The molecule has 0 aliphatic carbocycles. The molecule has 0 fully saturated rings. The van der Waals surface area contributed by atoms with Gasteiger partial charge >= 0.3 is 0 Å². The molecule has 1 amide bonds. The van der Waals surface area contributed by atoms with Crippen molar-refractivity contribution in [2.24, 2.45) is 0 Å². The molecule has 7 heteroatoms. The Kier molecular flexibility index (Phi) is 5.66. The van der Waals surface area contributed by atoms with Crippen LogP contribution in [-0.4, -0.2) is 27.7 Å². The molecule has 1 atom stereocenters. The van der Waals surface area contributed by atoms with Crippen molar-refractivity contribution in [3.05, 3.63) is 45.7 Å². The first-order valence-corrected chi connectivity index (χ1v) is 9.80. The summed E-state index contributed by atoms with van der Waals surface area (Å²) in [6.07, 6.45) is 1.29. The van der Waals surface area contributed by atoms with Crippen molar-refractivity contribution in [2.75, 3.05) is 11.1 Å². The molecule has 0 spiro atoms. The Bertz CT molecular complexity index is 846. The first-order valence-electron chi connectivity index (χ1n) is 8.81. The summed E-state index contributed by atoms with van der Waals surface area (Å²) in [5.41, 5.74) is 1.22. The van der Waals surface area contributed by atoms with Gasteiger partial charge in [0.15, 0.2) is 5.16 Å². The molecule has 1 aromatic heterocycles. The minimum Gasteiger partial charge on any atom is -0.491 e. The lowest BCUT2D eigenvalue weighted by Crippen LogP contribution is -2.31. The van der Waals surface area contributed by atoms with E-state index in [1.54, 1.807) is 0 Å². The number of benzene rings is 1. The smallest absolute Gasteiger partial charge is 0.257 e. The van der Waals surface area contributed by atoms with E-state index in [1.807, 2.05) is 38.1 Å². The number of fused-ring (bicyclic) bond motifs is 1. The third-order valence-electron chi connectivity index (χ3n) is 4.03. The lowest BCUT2D eigenvalue weighted by atomic mass is 9.87. The molecule has 0 bridgehead atoms. The fraction of sp³-hybridized carbons (Fsp3) is 0.421. The van der Waals surface area contributed by atoms with Gasteiger partial charge in [-0.1, -0.05) is 30.8 Å². The van der Waals surface area contributed by atoms with Crippen molar-refractivity contribution in [3.63, 3.8) is 0 Å². The highest BCUT2D eigenvalue weighted by molar-refractivity contribution is 7.99. The van der Waals surface area contributed by atoms with Crippen LogP contribution in [-0.2, 0) is 4.79 Å². The third kappa shape index (κ3) is 4.09. The Morgan fingerprint density at radius 3 is 2.65 bits per heavy atom. The van der Waals surface area contributed by atoms with Crippen LogP contribution in [0.15, 0.2) is 34.2 Å². The Morgan fingerprint density at radius 1 is 1.27 bits per heavy atom. The first kappa shape index (κ1) is 18.5. The van der Waals surface area contributed by atoms with Crippen LogP contribution in [0.25, 0.3) is 0 Å². The van der Waals surface area contributed by atoms with E-state index >= 15 is 0 Å². The first-order chi connectivity index (χ1) is 12.5. The molecule has 1 unspecified atom stereocenters. The van der Waals surface area contributed by atoms with Gasteiger partial charge in [-0.25, -0.2) is 4.98 Å². The summed E-state index contributed by atoms with van der Waals surface area (Å²) in [4.78, 5) is 32.1. The van der Waals surface area contributed by atoms with E-state index in [0.29, 0.717) is 16.5 Å².